The number of nitriles is 1. The van der Waals surface area contributed by atoms with Crippen molar-refractivity contribution >= 4 is 22.6 Å². The van der Waals surface area contributed by atoms with Crippen molar-refractivity contribution in [2.45, 2.75) is 64.0 Å². The van der Waals surface area contributed by atoms with Gasteiger partial charge >= 0.3 is 5.97 Å². The zero-order valence-electron chi connectivity index (χ0n) is 17.1. The summed E-state index contributed by atoms with van der Waals surface area (Å²) in [5.74, 6) is -1.29. The summed E-state index contributed by atoms with van der Waals surface area (Å²) in [6.45, 7) is 1.89. The van der Waals surface area contributed by atoms with E-state index < -0.39 is 24.0 Å². The molecule has 8 nitrogen and oxygen atoms in total. The molecule has 1 fully saturated rings. The van der Waals surface area contributed by atoms with Gasteiger partial charge in [0.05, 0.1) is 11.5 Å². The van der Waals surface area contributed by atoms with Crippen LogP contribution in [0.4, 0.5) is 0 Å². The Morgan fingerprint density at radius 2 is 1.93 bits per heavy atom. The lowest BCUT2D eigenvalue weighted by Gasteiger charge is -2.31. The average molecular weight is 410 g/mol. The molecule has 1 amide bonds. The number of nitrogens with zero attached hydrogens (tertiary/aromatic N) is 3. The second-order valence-electron chi connectivity index (χ2n) is 7.65. The van der Waals surface area contributed by atoms with Gasteiger partial charge in [-0.05, 0) is 25.3 Å². The first-order valence-electron chi connectivity index (χ1n) is 10.4. The van der Waals surface area contributed by atoms with Gasteiger partial charge in [0, 0.05) is 11.9 Å². The molecule has 8 heteroatoms. The van der Waals surface area contributed by atoms with Crippen molar-refractivity contribution in [1.82, 2.24) is 15.1 Å². The zero-order valence-corrected chi connectivity index (χ0v) is 17.1. The summed E-state index contributed by atoms with van der Waals surface area (Å²) in [7, 11) is 0. The molecule has 30 heavy (non-hydrogen) atoms. The highest BCUT2D eigenvalue weighted by Gasteiger charge is 2.33. The number of rotatable bonds is 7. The molecule has 1 aromatic carbocycles. The van der Waals surface area contributed by atoms with E-state index in [2.05, 4.69) is 16.5 Å². The fourth-order valence-corrected chi connectivity index (χ4v) is 3.77. The predicted molar refractivity (Wildman–Crippen MR) is 111 cm³/mol. The van der Waals surface area contributed by atoms with Crippen LogP contribution in [0.2, 0.25) is 0 Å². The third-order valence-corrected chi connectivity index (χ3v) is 5.42. The van der Waals surface area contributed by atoms with Crippen molar-refractivity contribution in [3.63, 3.8) is 0 Å². The molecule has 158 valence electrons. The zero-order chi connectivity index (χ0) is 21.6. The summed E-state index contributed by atoms with van der Waals surface area (Å²) >= 11 is 0. The number of carbonyl (C=O) groups is 2. The van der Waals surface area contributed by atoms with Gasteiger partial charge in [0.1, 0.15) is 5.54 Å². The van der Waals surface area contributed by atoms with Crippen LogP contribution >= 0.6 is 0 Å². The second kappa shape index (κ2) is 9.53. The molecule has 0 bridgehead atoms. The number of unbranched alkanes of at least 4 members (excludes halogenated alkanes) is 1. The summed E-state index contributed by atoms with van der Waals surface area (Å²) in [5.41, 5.74) is -1.15. The quantitative estimate of drug-likeness (QED) is 0.702. The SMILES string of the molecule is CCCCn1nc(C(=O)OCC(=O)NC2(C#N)CCCCC2)c2ccccc2c1=O. The number of benzene rings is 1. The maximum atomic E-state index is 12.7. The molecular weight excluding hydrogens is 384 g/mol. The van der Waals surface area contributed by atoms with Crippen LogP contribution in [0.15, 0.2) is 29.1 Å². The van der Waals surface area contributed by atoms with Crippen LogP contribution in [0.25, 0.3) is 10.8 Å². The summed E-state index contributed by atoms with van der Waals surface area (Å²) in [5, 5.41) is 17.2. The van der Waals surface area contributed by atoms with E-state index in [1.807, 2.05) is 6.92 Å². The van der Waals surface area contributed by atoms with E-state index in [1.54, 1.807) is 24.3 Å². The Hall–Kier alpha value is -3.21. The molecular formula is C22H26N4O4. The van der Waals surface area contributed by atoms with Gasteiger partial charge in [-0.15, -0.1) is 0 Å². The Balaban J connectivity index is 1.76. The number of amides is 1. The molecule has 1 heterocycles. The van der Waals surface area contributed by atoms with Gasteiger partial charge < -0.3 is 10.1 Å². The maximum absolute atomic E-state index is 12.7. The van der Waals surface area contributed by atoms with E-state index in [0.717, 1.165) is 32.1 Å². The van der Waals surface area contributed by atoms with Crippen molar-refractivity contribution in [3.8, 4) is 6.07 Å². The molecule has 1 aliphatic rings. The summed E-state index contributed by atoms with van der Waals surface area (Å²) in [6.07, 6.45) is 5.61. The van der Waals surface area contributed by atoms with Gasteiger partial charge in [-0.25, -0.2) is 9.48 Å². The van der Waals surface area contributed by atoms with Crippen LogP contribution in [0, 0.1) is 11.3 Å². The molecule has 0 atom stereocenters. The summed E-state index contributed by atoms with van der Waals surface area (Å²) in [4.78, 5) is 37.6. The van der Waals surface area contributed by atoms with E-state index in [0.29, 0.717) is 30.2 Å². The molecule has 0 saturated heterocycles. The van der Waals surface area contributed by atoms with Gasteiger partial charge in [-0.1, -0.05) is 50.8 Å². The molecule has 1 aliphatic carbocycles. The summed E-state index contributed by atoms with van der Waals surface area (Å²) in [6, 6.07) is 8.92. The van der Waals surface area contributed by atoms with Crippen molar-refractivity contribution in [2.75, 3.05) is 6.61 Å². The van der Waals surface area contributed by atoms with Crippen molar-refractivity contribution < 1.29 is 14.3 Å². The van der Waals surface area contributed by atoms with E-state index in [9.17, 15) is 19.6 Å². The smallest absolute Gasteiger partial charge is 0.359 e. The summed E-state index contributed by atoms with van der Waals surface area (Å²) < 4.78 is 6.46. The molecule has 0 spiro atoms. The largest absolute Gasteiger partial charge is 0.451 e. The monoisotopic (exact) mass is 410 g/mol. The molecule has 1 saturated carbocycles. The van der Waals surface area contributed by atoms with Gasteiger partial charge in [0.25, 0.3) is 11.5 Å². The van der Waals surface area contributed by atoms with Gasteiger partial charge in [-0.3, -0.25) is 9.59 Å². The van der Waals surface area contributed by atoms with E-state index >= 15 is 0 Å². The molecule has 0 radical (unpaired) electrons. The number of hydrogen-bond acceptors (Lipinski definition) is 6. The number of nitrogens with one attached hydrogen (secondary N) is 1. The van der Waals surface area contributed by atoms with Gasteiger partial charge in [-0.2, -0.15) is 10.4 Å². The first-order chi connectivity index (χ1) is 14.5. The Morgan fingerprint density at radius 1 is 1.23 bits per heavy atom. The van der Waals surface area contributed by atoms with Crippen LogP contribution in [-0.4, -0.2) is 33.8 Å². The maximum Gasteiger partial charge on any atom is 0.359 e. The topological polar surface area (TPSA) is 114 Å². The Kier molecular flexibility index (Phi) is 6.83. The first-order valence-corrected chi connectivity index (χ1v) is 10.4. The lowest BCUT2D eigenvalue weighted by atomic mass is 9.83. The van der Waals surface area contributed by atoms with Crippen LogP contribution in [-0.2, 0) is 16.1 Å². The number of fused-ring (bicyclic) bond motifs is 1. The molecule has 0 unspecified atom stereocenters. The Morgan fingerprint density at radius 3 is 2.60 bits per heavy atom. The number of esters is 1. The normalized spacial score (nSPS) is 15.3. The minimum atomic E-state index is -0.889. The number of carbonyl (C=O) groups excluding carboxylic acids is 2. The van der Waals surface area contributed by atoms with Crippen molar-refractivity contribution in [3.05, 3.63) is 40.3 Å². The van der Waals surface area contributed by atoms with E-state index in [-0.39, 0.29) is 11.3 Å². The van der Waals surface area contributed by atoms with E-state index in [1.165, 1.54) is 4.68 Å². The van der Waals surface area contributed by atoms with Crippen LogP contribution in [0.5, 0.6) is 0 Å². The van der Waals surface area contributed by atoms with Crippen LogP contribution < -0.4 is 10.9 Å². The highest BCUT2D eigenvalue weighted by atomic mass is 16.5. The van der Waals surface area contributed by atoms with Crippen LogP contribution in [0.3, 0.4) is 0 Å². The van der Waals surface area contributed by atoms with Crippen LogP contribution in [0.1, 0.15) is 62.4 Å². The lowest BCUT2D eigenvalue weighted by molar-refractivity contribution is -0.125. The first kappa shape index (κ1) is 21.5. The molecule has 0 aliphatic heterocycles. The Labute approximate surface area is 174 Å². The number of aromatic nitrogens is 2. The third-order valence-electron chi connectivity index (χ3n) is 5.42. The minimum Gasteiger partial charge on any atom is -0.451 e. The molecule has 1 N–H and O–H groups in total. The fourth-order valence-electron chi connectivity index (χ4n) is 3.77. The molecule has 3 rings (SSSR count). The third kappa shape index (κ3) is 4.67. The highest BCUT2D eigenvalue weighted by molar-refractivity contribution is 6.02. The standard InChI is InChI=1S/C22H26N4O4/c1-2-3-13-26-20(28)17-10-6-5-9-16(17)19(25-26)21(29)30-14-18(27)24-22(15-23)11-7-4-8-12-22/h5-6,9-10H,2-4,7-8,11-14H2,1H3,(H,24,27). The lowest BCUT2D eigenvalue weighted by Crippen LogP contribution is -2.50. The number of aryl methyl sites for hydroxylation is 1. The second-order valence-corrected chi connectivity index (χ2v) is 7.65. The fraction of sp³-hybridized carbons (Fsp3) is 0.500. The van der Waals surface area contributed by atoms with Gasteiger partial charge in [0.2, 0.25) is 0 Å². The van der Waals surface area contributed by atoms with Gasteiger partial charge in [0.15, 0.2) is 12.3 Å². The number of hydrogen-bond donors (Lipinski definition) is 1. The van der Waals surface area contributed by atoms with Crippen molar-refractivity contribution in [1.29, 1.82) is 5.26 Å². The molecule has 1 aromatic heterocycles. The predicted octanol–water partition coefficient (Wildman–Crippen LogP) is 2.70. The highest BCUT2D eigenvalue weighted by Crippen LogP contribution is 2.27. The average Bonchev–Trinajstić information content (AvgIpc) is 2.78. The number of ether oxygens (including phenoxy) is 1. The molecule has 2 aromatic rings. The van der Waals surface area contributed by atoms with Crippen molar-refractivity contribution in [2.24, 2.45) is 0 Å². The minimum absolute atomic E-state index is 0.00164. The van der Waals surface area contributed by atoms with E-state index in [4.69, 9.17) is 4.74 Å². The Bertz CT molecular complexity index is 1030.